The van der Waals surface area contributed by atoms with Crippen molar-refractivity contribution >= 4 is 21.8 Å². The smallest absolute Gasteiger partial charge is 0.281 e. The highest BCUT2D eigenvalue weighted by molar-refractivity contribution is 5.95. The minimum absolute atomic E-state index is 0.280. The third-order valence-corrected chi connectivity index (χ3v) is 6.07. The van der Waals surface area contributed by atoms with Crippen LogP contribution in [-0.4, -0.2) is 44.3 Å². The van der Waals surface area contributed by atoms with Crippen LogP contribution in [-0.2, 0) is 0 Å². The predicted molar refractivity (Wildman–Crippen MR) is 127 cm³/mol. The van der Waals surface area contributed by atoms with Gasteiger partial charge in [0.2, 0.25) is 0 Å². The van der Waals surface area contributed by atoms with Crippen molar-refractivity contribution in [2.45, 2.75) is 18.9 Å². The molecule has 0 saturated carbocycles. The third-order valence-electron chi connectivity index (χ3n) is 6.07. The van der Waals surface area contributed by atoms with Crippen LogP contribution in [0.25, 0.3) is 44.5 Å². The second kappa shape index (κ2) is 8.14. The normalized spacial score (nSPS) is 15.9. The van der Waals surface area contributed by atoms with Crippen molar-refractivity contribution in [2.24, 2.45) is 0 Å². The molecular formula is C25H22N6O2. The molecule has 0 spiro atoms. The van der Waals surface area contributed by atoms with Crippen molar-refractivity contribution in [3.05, 3.63) is 71.3 Å². The lowest BCUT2D eigenvalue weighted by Gasteiger charge is -2.12. The van der Waals surface area contributed by atoms with Crippen LogP contribution in [0.1, 0.15) is 12.8 Å². The molecule has 1 aliphatic rings. The number of nitrogens with zero attached hydrogens (tertiary/aromatic N) is 3. The Hall–Kier alpha value is -4.04. The zero-order valence-electron chi connectivity index (χ0n) is 17.8. The van der Waals surface area contributed by atoms with E-state index in [4.69, 9.17) is 4.74 Å². The van der Waals surface area contributed by atoms with Gasteiger partial charge in [0.15, 0.2) is 5.82 Å². The van der Waals surface area contributed by atoms with Gasteiger partial charge in [0.05, 0.1) is 22.6 Å². The second-order valence-corrected chi connectivity index (χ2v) is 8.28. The summed E-state index contributed by atoms with van der Waals surface area (Å²) in [6.07, 6.45) is 5.89. The van der Waals surface area contributed by atoms with Gasteiger partial charge in [-0.25, -0.2) is 0 Å². The SMILES string of the molecule is O=c1nc(-c2n[nH]c3ccc(-c4cncc(OCC5CCCN5)c4)cc23)[nH]c2ccccc12. The van der Waals surface area contributed by atoms with Crippen molar-refractivity contribution in [3.8, 4) is 28.4 Å². The van der Waals surface area contributed by atoms with Crippen molar-refractivity contribution in [1.29, 1.82) is 0 Å². The molecule has 1 unspecified atom stereocenters. The molecular weight excluding hydrogens is 416 g/mol. The zero-order chi connectivity index (χ0) is 22.2. The Balaban J connectivity index is 1.36. The number of aromatic nitrogens is 5. The van der Waals surface area contributed by atoms with Crippen LogP contribution in [0, 0.1) is 0 Å². The molecule has 33 heavy (non-hydrogen) atoms. The Morgan fingerprint density at radius 1 is 1.00 bits per heavy atom. The number of fused-ring (bicyclic) bond motifs is 2. The molecule has 0 amide bonds. The number of aromatic amines is 2. The number of benzene rings is 2. The van der Waals surface area contributed by atoms with Crippen molar-refractivity contribution < 1.29 is 4.74 Å². The van der Waals surface area contributed by atoms with E-state index in [0.29, 0.717) is 29.6 Å². The molecule has 8 heteroatoms. The summed E-state index contributed by atoms with van der Waals surface area (Å²) in [5, 5.41) is 12.3. The molecule has 1 fully saturated rings. The first kappa shape index (κ1) is 19.6. The van der Waals surface area contributed by atoms with Gasteiger partial charge in [-0.2, -0.15) is 10.1 Å². The summed E-state index contributed by atoms with van der Waals surface area (Å²) in [4.78, 5) is 24.4. The molecule has 8 nitrogen and oxygen atoms in total. The number of para-hydroxylation sites is 1. The lowest BCUT2D eigenvalue weighted by molar-refractivity contribution is 0.276. The molecule has 1 saturated heterocycles. The van der Waals surface area contributed by atoms with Gasteiger partial charge >= 0.3 is 0 Å². The van der Waals surface area contributed by atoms with Crippen molar-refractivity contribution in [2.75, 3.05) is 13.2 Å². The summed E-state index contributed by atoms with van der Waals surface area (Å²) in [6.45, 7) is 1.69. The van der Waals surface area contributed by atoms with E-state index in [9.17, 15) is 4.79 Å². The topological polar surface area (TPSA) is 109 Å². The monoisotopic (exact) mass is 438 g/mol. The van der Waals surface area contributed by atoms with Crippen LogP contribution in [0.15, 0.2) is 65.7 Å². The minimum Gasteiger partial charge on any atom is -0.490 e. The summed E-state index contributed by atoms with van der Waals surface area (Å²) in [5.41, 5.74) is 3.83. The molecule has 0 bridgehead atoms. The molecule has 3 aromatic heterocycles. The summed E-state index contributed by atoms with van der Waals surface area (Å²) in [6, 6.07) is 15.7. The number of pyridine rings is 1. The number of rotatable bonds is 5. The maximum absolute atomic E-state index is 12.5. The number of H-pyrrole nitrogens is 2. The molecule has 5 aromatic rings. The van der Waals surface area contributed by atoms with Gasteiger partial charge < -0.3 is 15.0 Å². The third kappa shape index (κ3) is 3.74. The number of hydrogen-bond acceptors (Lipinski definition) is 6. The van der Waals surface area contributed by atoms with Gasteiger partial charge in [0, 0.05) is 23.2 Å². The van der Waals surface area contributed by atoms with Crippen molar-refractivity contribution in [1.82, 2.24) is 30.5 Å². The lowest BCUT2D eigenvalue weighted by atomic mass is 10.0. The number of hydrogen-bond donors (Lipinski definition) is 3. The van der Waals surface area contributed by atoms with Crippen LogP contribution in [0.5, 0.6) is 5.75 Å². The van der Waals surface area contributed by atoms with Crippen LogP contribution in [0.2, 0.25) is 0 Å². The number of nitrogens with one attached hydrogen (secondary N) is 3. The Morgan fingerprint density at radius 3 is 2.85 bits per heavy atom. The lowest BCUT2D eigenvalue weighted by Crippen LogP contribution is -2.28. The highest BCUT2D eigenvalue weighted by Gasteiger charge is 2.16. The largest absolute Gasteiger partial charge is 0.490 e. The fraction of sp³-hybridized carbons (Fsp3) is 0.200. The van der Waals surface area contributed by atoms with E-state index in [-0.39, 0.29) is 5.56 Å². The summed E-state index contributed by atoms with van der Waals surface area (Å²) >= 11 is 0. The summed E-state index contributed by atoms with van der Waals surface area (Å²) in [5.74, 6) is 1.18. The van der Waals surface area contributed by atoms with E-state index in [0.717, 1.165) is 46.3 Å². The second-order valence-electron chi connectivity index (χ2n) is 8.28. The van der Waals surface area contributed by atoms with Gasteiger partial charge in [0.25, 0.3) is 5.56 Å². The fourth-order valence-electron chi connectivity index (χ4n) is 4.33. The first-order chi connectivity index (χ1) is 16.2. The summed E-state index contributed by atoms with van der Waals surface area (Å²) < 4.78 is 5.98. The van der Waals surface area contributed by atoms with Gasteiger partial charge in [-0.15, -0.1) is 0 Å². The first-order valence-corrected chi connectivity index (χ1v) is 11.0. The molecule has 0 aliphatic carbocycles. The zero-order valence-corrected chi connectivity index (χ0v) is 17.8. The molecule has 1 aliphatic heterocycles. The minimum atomic E-state index is -0.280. The molecule has 2 aromatic carbocycles. The molecule has 4 heterocycles. The molecule has 0 radical (unpaired) electrons. The van der Waals surface area contributed by atoms with E-state index < -0.39 is 0 Å². The van der Waals surface area contributed by atoms with E-state index in [2.05, 4.69) is 30.5 Å². The average Bonchev–Trinajstić information content (AvgIpc) is 3.52. The molecule has 6 rings (SSSR count). The quantitative estimate of drug-likeness (QED) is 0.386. The molecule has 3 N–H and O–H groups in total. The molecule has 1 atom stereocenters. The van der Waals surface area contributed by atoms with Crippen molar-refractivity contribution in [3.63, 3.8) is 0 Å². The standard InChI is InChI=1S/C25H22N6O2/c32-25-19-5-1-2-6-21(19)28-24(29-25)23-20-11-15(7-8-22(20)30-31-23)16-10-18(13-26-12-16)33-14-17-4-3-9-27-17/h1-2,5-8,10-13,17,27H,3-4,9,14H2,(H,30,31)(H,28,29,32). The van der Waals surface area contributed by atoms with Crippen LogP contribution in [0.4, 0.5) is 0 Å². The highest BCUT2D eigenvalue weighted by atomic mass is 16.5. The molecule has 164 valence electrons. The Morgan fingerprint density at radius 2 is 1.94 bits per heavy atom. The van der Waals surface area contributed by atoms with Crippen LogP contribution < -0.4 is 15.6 Å². The van der Waals surface area contributed by atoms with Crippen LogP contribution in [0.3, 0.4) is 0 Å². The van der Waals surface area contributed by atoms with Gasteiger partial charge in [-0.05, 0) is 55.3 Å². The van der Waals surface area contributed by atoms with Gasteiger partial charge in [-0.1, -0.05) is 18.2 Å². The fourth-order valence-corrected chi connectivity index (χ4v) is 4.33. The predicted octanol–water partition coefficient (Wildman–Crippen LogP) is 3.66. The highest BCUT2D eigenvalue weighted by Crippen LogP contribution is 2.30. The van der Waals surface area contributed by atoms with Gasteiger partial charge in [-0.3, -0.25) is 14.9 Å². The maximum Gasteiger partial charge on any atom is 0.281 e. The number of ether oxygens (including phenoxy) is 1. The Kier molecular flexibility index (Phi) is 4.84. The van der Waals surface area contributed by atoms with E-state index in [1.807, 2.05) is 48.7 Å². The Bertz CT molecular complexity index is 1520. The van der Waals surface area contributed by atoms with Crippen LogP contribution >= 0.6 is 0 Å². The Labute approximate surface area is 189 Å². The summed E-state index contributed by atoms with van der Waals surface area (Å²) in [7, 11) is 0. The van der Waals surface area contributed by atoms with E-state index in [1.54, 1.807) is 12.3 Å². The average molecular weight is 438 g/mol. The maximum atomic E-state index is 12.5. The first-order valence-electron chi connectivity index (χ1n) is 11.0. The van der Waals surface area contributed by atoms with E-state index >= 15 is 0 Å². The van der Waals surface area contributed by atoms with Gasteiger partial charge in [0.1, 0.15) is 18.1 Å². The van der Waals surface area contributed by atoms with E-state index in [1.165, 1.54) is 6.42 Å².